The topological polar surface area (TPSA) is 55.4 Å². The smallest absolute Gasteiger partial charge is 0.155 e. The van der Waals surface area contributed by atoms with E-state index in [4.69, 9.17) is 4.74 Å². The Bertz CT molecular complexity index is 536. The molecule has 0 radical (unpaired) electrons. The highest BCUT2D eigenvalue weighted by molar-refractivity contribution is 9.11. The molecule has 0 bridgehead atoms. The number of benzene rings is 1. The van der Waals surface area contributed by atoms with Crippen LogP contribution in [0.5, 0.6) is 5.75 Å². The fourth-order valence-corrected chi connectivity index (χ4v) is 3.85. The van der Waals surface area contributed by atoms with Gasteiger partial charge in [-0.05, 0) is 70.5 Å². The molecule has 1 N–H and O–H groups in total. The predicted octanol–water partition coefficient (Wildman–Crippen LogP) is 3.13. The quantitative estimate of drug-likeness (QED) is 0.724. The summed E-state index contributed by atoms with van der Waals surface area (Å²) in [6.07, 6.45) is 0. The monoisotopic (exact) mass is 427 g/mol. The summed E-state index contributed by atoms with van der Waals surface area (Å²) in [6.45, 7) is 4.24. The SMILES string of the molecule is CNCc1cc(Br)c(OCCS(=O)(=O)C(C)C)c(Br)c1. The molecule has 1 rings (SSSR count). The van der Waals surface area contributed by atoms with Crippen molar-refractivity contribution in [2.24, 2.45) is 0 Å². The van der Waals surface area contributed by atoms with Gasteiger partial charge in [0.25, 0.3) is 0 Å². The fraction of sp³-hybridized carbons (Fsp3) is 0.538. The molecule has 0 unspecified atom stereocenters. The minimum atomic E-state index is -3.08. The molecule has 7 heteroatoms. The zero-order valence-electron chi connectivity index (χ0n) is 11.7. The molecule has 0 fully saturated rings. The molecule has 0 saturated carbocycles. The van der Waals surface area contributed by atoms with Crippen LogP contribution >= 0.6 is 31.9 Å². The molecule has 0 saturated heterocycles. The zero-order valence-corrected chi connectivity index (χ0v) is 15.7. The molecule has 0 aromatic heterocycles. The molecular formula is C13H19Br2NO3S. The van der Waals surface area contributed by atoms with E-state index in [0.717, 1.165) is 21.1 Å². The lowest BCUT2D eigenvalue weighted by atomic mass is 10.2. The maximum absolute atomic E-state index is 11.7. The van der Waals surface area contributed by atoms with Crippen LogP contribution in [0.3, 0.4) is 0 Å². The van der Waals surface area contributed by atoms with Crippen molar-refractivity contribution in [3.63, 3.8) is 0 Å². The van der Waals surface area contributed by atoms with Crippen molar-refractivity contribution >= 4 is 41.7 Å². The minimum absolute atomic E-state index is 0.0157. The number of hydrogen-bond acceptors (Lipinski definition) is 4. The third-order valence-electron chi connectivity index (χ3n) is 2.77. The molecular weight excluding hydrogens is 410 g/mol. The van der Waals surface area contributed by atoms with Crippen LogP contribution in [0.4, 0.5) is 0 Å². The van der Waals surface area contributed by atoms with E-state index in [0.29, 0.717) is 5.75 Å². The standard InChI is InChI=1S/C13H19Br2NO3S/c1-9(2)20(17,18)5-4-19-13-11(14)6-10(8-16-3)7-12(13)15/h6-7,9,16H,4-5,8H2,1-3H3. The summed E-state index contributed by atoms with van der Waals surface area (Å²) < 4.78 is 30.6. The van der Waals surface area contributed by atoms with Crippen LogP contribution < -0.4 is 10.1 Å². The Labute approximate surface area is 137 Å². The summed E-state index contributed by atoms with van der Waals surface area (Å²) in [5.74, 6) is 0.644. The van der Waals surface area contributed by atoms with Crippen LogP contribution in [-0.2, 0) is 16.4 Å². The number of sulfone groups is 1. The maximum Gasteiger partial charge on any atom is 0.155 e. The van der Waals surface area contributed by atoms with E-state index in [9.17, 15) is 8.42 Å². The first-order valence-corrected chi connectivity index (χ1v) is 9.55. The molecule has 1 aromatic rings. The molecule has 1 aromatic carbocycles. The number of nitrogens with one attached hydrogen (secondary N) is 1. The molecule has 0 amide bonds. The molecule has 4 nitrogen and oxygen atoms in total. The summed E-state index contributed by atoms with van der Waals surface area (Å²) in [5.41, 5.74) is 1.11. The highest BCUT2D eigenvalue weighted by Gasteiger charge is 2.17. The lowest BCUT2D eigenvalue weighted by Crippen LogP contribution is -2.22. The average Bonchev–Trinajstić information content (AvgIpc) is 2.32. The minimum Gasteiger partial charge on any atom is -0.490 e. The third kappa shape index (κ3) is 5.02. The number of ether oxygens (including phenoxy) is 1. The lowest BCUT2D eigenvalue weighted by Gasteiger charge is -2.13. The van der Waals surface area contributed by atoms with Gasteiger partial charge in [0.1, 0.15) is 12.4 Å². The Balaban J connectivity index is 2.74. The van der Waals surface area contributed by atoms with Gasteiger partial charge >= 0.3 is 0 Å². The van der Waals surface area contributed by atoms with E-state index < -0.39 is 9.84 Å². The predicted molar refractivity (Wildman–Crippen MR) is 89.0 cm³/mol. The molecule has 0 atom stereocenters. The van der Waals surface area contributed by atoms with Crippen molar-refractivity contribution in [3.8, 4) is 5.75 Å². The van der Waals surface area contributed by atoms with E-state index in [1.165, 1.54) is 0 Å². The molecule has 0 aliphatic carbocycles. The van der Waals surface area contributed by atoms with Gasteiger partial charge in [-0.2, -0.15) is 0 Å². The second-order valence-electron chi connectivity index (χ2n) is 4.68. The van der Waals surface area contributed by atoms with Crippen molar-refractivity contribution in [2.45, 2.75) is 25.6 Å². The first-order valence-electron chi connectivity index (χ1n) is 6.24. The largest absolute Gasteiger partial charge is 0.490 e. The molecule has 0 aliphatic rings. The molecule has 0 spiro atoms. The highest BCUT2D eigenvalue weighted by Crippen LogP contribution is 2.34. The van der Waals surface area contributed by atoms with Crippen LogP contribution in [0.2, 0.25) is 0 Å². The second-order valence-corrected chi connectivity index (χ2v) is 9.07. The van der Waals surface area contributed by atoms with Crippen LogP contribution in [0.25, 0.3) is 0 Å². The Morgan fingerprint density at radius 2 is 1.80 bits per heavy atom. The molecule has 0 heterocycles. The van der Waals surface area contributed by atoms with Gasteiger partial charge in [0.05, 0.1) is 19.9 Å². The Kier molecular flexibility index (Phi) is 6.97. The Morgan fingerprint density at radius 3 is 2.25 bits per heavy atom. The first kappa shape index (κ1) is 17.9. The fourth-order valence-electron chi connectivity index (χ4n) is 1.55. The van der Waals surface area contributed by atoms with Gasteiger partial charge in [0.2, 0.25) is 0 Å². The summed E-state index contributed by atoms with van der Waals surface area (Å²) in [7, 11) is -1.20. The van der Waals surface area contributed by atoms with Gasteiger partial charge in [-0.25, -0.2) is 8.42 Å². The third-order valence-corrected chi connectivity index (χ3v) is 6.12. The summed E-state index contributed by atoms with van der Waals surface area (Å²) in [5, 5.41) is 2.69. The van der Waals surface area contributed by atoms with Crippen molar-refractivity contribution in [1.29, 1.82) is 0 Å². The van der Waals surface area contributed by atoms with Gasteiger partial charge in [0.15, 0.2) is 9.84 Å². The molecule has 20 heavy (non-hydrogen) atoms. The van der Waals surface area contributed by atoms with E-state index in [1.54, 1.807) is 13.8 Å². The van der Waals surface area contributed by atoms with Crippen LogP contribution in [0, 0.1) is 0 Å². The second kappa shape index (κ2) is 7.77. The molecule has 114 valence electrons. The Morgan fingerprint density at radius 1 is 1.25 bits per heavy atom. The van der Waals surface area contributed by atoms with E-state index >= 15 is 0 Å². The van der Waals surface area contributed by atoms with Gasteiger partial charge in [-0.3, -0.25) is 0 Å². The number of rotatable bonds is 7. The van der Waals surface area contributed by atoms with Gasteiger partial charge < -0.3 is 10.1 Å². The summed E-state index contributed by atoms with van der Waals surface area (Å²) in [4.78, 5) is 0. The van der Waals surface area contributed by atoms with Gasteiger partial charge in [-0.1, -0.05) is 0 Å². The van der Waals surface area contributed by atoms with Crippen molar-refractivity contribution < 1.29 is 13.2 Å². The van der Waals surface area contributed by atoms with Crippen LogP contribution in [0.1, 0.15) is 19.4 Å². The normalized spacial score (nSPS) is 11.9. The first-order chi connectivity index (χ1) is 9.27. The van der Waals surface area contributed by atoms with Gasteiger partial charge in [-0.15, -0.1) is 0 Å². The van der Waals surface area contributed by atoms with Crippen LogP contribution in [0.15, 0.2) is 21.1 Å². The average molecular weight is 429 g/mol. The van der Waals surface area contributed by atoms with Crippen LogP contribution in [-0.4, -0.2) is 33.1 Å². The lowest BCUT2D eigenvalue weighted by molar-refractivity contribution is 0.336. The maximum atomic E-state index is 11.7. The summed E-state index contributed by atoms with van der Waals surface area (Å²) in [6, 6.07) is 3.90. The van der Waals surface area contributed by atoms with Gasteiger partial charge in [0, 0.05) is 6.54 Å². The van der Waals surface area contributed by atoms with E-state index in [1.807, 2.05) is 19.2 Å². The van der Waals surface area contributed by atoms with Crippen molar-refractivity contribution in [1.82, 2.24) is 5.32 Å². The molecule has 0 aliphatic heterocycles. The highest BCUT2D eigenvalue weighted by atomic mass is 79.9. The number of hydrogen-bond donors (Lipinski definition) is 1. The Hall–Kier alpha value is -0.110. The summed E-state index contributed by atoms with van der Waals surface area (Å²) >= 11 is 6.89. The number of halogens is 2. The zero-order chi connectivity index (χ0) is 15.3. The van der Waals surface area contributed by atoms with Crippen molar-refractivity contribution in [3.05, 3.63) is 26.6 Å². The van der Waals surface area contributed by atoms with E-state index in [2.05, 4.69) is 37.2 Å². The van der Waals surface area contributed by atoms with E-state index in [-0.39, 0.29) is 17.6 Å². The van der Waals surface area contributed by atoms with Crippen molar-refractivity contribution in [2.75, 3.05) is 19.4 Å².